The number of methoxy groups -OCH3 is 1. The third kappa shape index (κ3) is 4.71. The molecule has 1 saturated carbocycles. The van der Waals surface area contributed by atoms with Crippen molar-refractivity contribution in [3.63, 3.8) is 0 Å². The third-order valence-corrected chi connectivity index (χ3v) is 5.36. The van der Waals surface area contributed by atoms with Crippen LogP contribution in [-0.4, -0.2) is 30.7 Å². The fourth-order valence-electron chi connectivity index (χ4n) is 2.97. The molecule has 0 bridgehead atoms. The van der Waals surface area contributed by atoms with Crippen LogP contribution in [0.2, 0.25) is 0 Å². The lowest BCUT2D eigenvalue weighted by molar-refractivity contribution is 0.414. The van der Waals surface area contributed by atoms with Crippen molar-refractivity contribution in [2.75, 3.05) is 13.4 Å². The van der Waals surface area contributed by atoms with Crippen molar-refractivity contribution in [3.8, 4) is 5.75 Å². The quantitative estimate of drug-likeness (QED) is 0.824. The molecule has 3 atom stereocenters. The van der Waals surface area contributed by atoms with Crippen LogP contribution in [0.25, 0.3) is 0 Å². The Morgan fingerprint density at radius 1 is 1.30 bits per heavy atom. The number of hydrogen-bond donors (Lipinski definition) is 1. The van der Waals surface area contributed by atoms with Gasteiger partial charge in [0, 0.05) is 17.3 Å². The highest BCUT2D eigenvalue weighted by molar-refractivity contribution is 7.99. The lowest BCUT2D eigenvalue weighted by Crippen LogP contribution is -2.35. The van der Waals surface area contributed by atoms with Gasteiger partial charge >= 0.3 is 0 Å². The van der Waals surface area contributed by atoms with Crippen molar-refractivity contribution in [3.05, 3.63) is 29.8 Å². The van der Waals surface area contributed by atoms with Crippen molar-refractivity contribution in [1.82, 2.24) is 5.32 Å². The maximum Gasteiger partial charge on any atom is 0.118 e. The molecule has 20 heavy (non-hydrogen) atoms. The number of aryl methyl sites for hydroxylation is 1. The summed E-state index contributed by atoms with van der Waals surface area (Å²) < 4.78 is 5.19. The Balaban J connectivity index is 1.70. The SMILES string of the molecule is COc1ccc(CCC(C)NC2CCC(SC)C2)cc1. The first-order chi connectivity index (χ1) is 9.71. The highest BCUT2D eigenvalue weighted by Gasteiger charge is 2.24. The summed E-state index contributed by atoms with van der Waals surface area (Å²) in [5.74, 6) is 0.939. The number of hydrogen-bond acceptors (Lipinski definition) is 3. The van der Waals surface area contributed by atoms with Crippen LogP contribution in [-0.2, 0) is 6.42 Å². The van der Waals surface area contributed by atoms with Crippen LogP contribution >= 0.6 is 11.8 Å². The predicted octanol–water partition coefficient (Wildman–Crippen LogP) is 3.89. The van der Waals surface area contributed by atoms with Gasteiger partial charge in [-0.1, -0.05) is 12.1 Å². The Morgan fingerprint density at radius 3 is 2.65 bits per heavy atom. The van der Waals surface area contributed by atoms with E-state index in [2.05, 4.69) is 30.6 Å². The molecule has 0 amide bonds. The molecule has 2 rings (SSSR count). The molecule has 0 aromatic heterocycles. The fraction of sp³-hybridized carbons (Fsp3) is 0.647. The second kappa shape index (κ2) is 7.94. The second-order valence-corrected chi connectivity index (χ2v) is 6.96. The first-order valence-corrected chi connectivity index (χ1v) is 8.92. The van der Waals surface area contributed by atoms with E-state index >= 15 is 0 Å². The zero-order chi connectivity index (χ0) is 14.4. The van der Waals surface area contributed by atoms with Crippen LogP contribution in [0.3, 0.4) is 0 Å². The van der Waals surface area contributed by atoms with Crippen LogP contribution in [0.1, 0.15) is 38.2 Å². The normalized spacial score (nSPS) is 23.8. The molecule has 3 heteroatoms. The molecule has 1 aliphatic carbocycles. The lowest BCUT2D eigenvalue weighted by Gasteiger charge is -2.19. The number of benzene rings is 1. The van der Waals surface area contributed by atoms with E-state index in [9.17, 15) is 0 Å². The maximum atomic E-state index is 5.19. The molecule has 112 valence electrons. The molecule has 3 unspecified atom stereocenters. The topological polar surface area (TPSA) is 21.3 Å². The number of nitrogens with one attached hydrogen (secondary N) is 1. The minimum absolute atomic E-state index is 0.600. The van der Waals surface area contributed by atoms with Gasteiger partial charge < -0.3 is 10.1 Å². The molecular formula is C17H27NOS. The molecule has 0 spiro atoms. The molecule has 0 saturated heterocycles. The number of ether oxygens (including phenoxy) is 1. The zero-order valence-corrected chi connectivity index (χ0v) is 13.7. The van der Waals surface area contributed by atoms with E-state index in [-0.39, 0.29) is 0 Å². The Morgan fingerprint density at radius 2 is 2.05 bits per heavy atom. The van der Waals surface area contributed by atoms with Gasteiger partial charge in [-0.25, -0.2) is 0 Å². The Hall–Kier alpha value is -0.670. The van der Waals surface area contributed by atoms with Crippen molar-refractivity contribution in [2.24, 2.45) is 0 Å². The molecule has 0 heterocycles. The average Bonchev–Trinajstić information content (AvgIpc) is 2.93. The Bertz CT molecular complexity index is 392. The standard InChI is InChI=1S/C17H27NOS/c1-13(18-15-8-11-17(12-15)20-3)4-5-14-6-9-16(19-2)10-7-14/h6-7,9-10,13,15,17-18H,4-5,8,11-12H2,1-3H3. The van der Waals surface area contributed by atoms with E-state index in [4.69, 9.17) is 4.74 Å². The number of rotatable bonds is 7. The molecule has 1 fully saturated rings. The summed E-state index contributed by atoms with van der Waals surface area (Å²) in [6.07, 6.45) is 8.64. The van der Waals surface area contributed by atoms with Crippen LogP contribution in [0, 0.1) is 0 Å². The lowest BCUT2D eigenvalue weighted by atomic mass is 10.1. The molecule has 0 radical (unpaired) electrons. The van der Waals surface area contributed by atoms with Crippen molar-refractivity contribution in [2.45, 2.75) is 56.4 Å². The summed E-state index contributed by atoms with van der Waals surface area (Å²) >= 11 is 2.03. The van der Waals surface area contributed by atoms with E-state index in [0.717, 1.165) is 23.5 Å². The maximum absolute atomic E-state index is 5.19. The van der Waals surface area contributed by atoms with Crippen molar-refractivity contribution in [1.29, 1.82) is 0 Å². The van der Waals surface area contributed by atoms with Crippen molar-refractivity contribution < 1.29 is 4.74 Å². The van der Waals surface area contributed by atoms with Crippen LogP contribution < -0.4 is 10.1 Å². The van der Waals surface area contributed by atoms with E-state index < -0.39 is 0 Å². The van der Waals surface area contributed by atoms with Gasteiger partial charge in [0.25, 0.3) is 0 Å². The van der Waals surface area contributed by atoms with Gasteiger partial charge in [-0.05, 0) is 63.0 Å². The van der Waals surface area contributed by atoms with E-state index in [1.165, 1.54) is 31.2 Å². The molecule has 2 nitrogen and oxygen atoms in total. The van der Waals surface area contributed by atoms with Gasteiger partial charge in [0.15, 0.2) is 0 Å². The largest absolute Gasteiger partial charge is 0.497 e. The summed E-state index contributed by atoms with van der Waals surface area (Å²) in [5, 5.41) is 4.67. The summed E-state index contributed by atoms with van der Waals surface area (Å²) in [4.78, 5) is 0. The van der Waals surface area contributed by atoms with E-state index in [1.54, 1.807) is 7.11 Å². The van der Waals surface area contributed by atoms with Gasteiger partial charge in [-0.15, -0.1) is 0 Å². The molecule has 1 aromatic carbocycles. The smallest absolute Gasteiger partial charge is 0.118 e. The van der Waals surface area contributed by atoms with E-state index in [0.29, 0.717) is 6.04 Å². The van der Waals surface area contributed by atoms with Gasteiger partial charge in [0.1, 0.15) is 5.75 Å². The van der Waals surface area contributed by atoms with Crippen LogP contribution in [0.15, 0.2) is 24.3 Å². The first kappa shape index (κ1) is 15.7. The van der Waals surface area contributed by atoms with Gasteiger partial charge in [-0.2, -0.15) is 11.8 Å². The van der Waals surface area contributed by atoms with Crippen LogP contribution in [0.4, 0.5) is 0 Å². The fourth-order valence-corrected chi connectivity index (χ4v) is 3.76. The minimum Gasteiger partial charge on any atom is -0.497 e. The monoisotopic (exact) mass is 293 g/mol. The first-order valence-electron chi connectivity index (χ1n) is 7.63. The second-order valence-electron chi connectivity index (χ2n) is 5.82. The summed E-state index contributed by atoms with van der Waals surface area (Å²) in [6.45, 7) is 2.32. The average molecular weight is 293 g/mol. The molecule has 1 aliphatic rings. The predicted molar refractivity (Wildman–Crippen MR) is 88.9 cm³/mol. The zero-order valence-electron chi connectivity index (χ0n) is 12.9. The summed E-state index contributed by atoms with van der Waals surface area (Å²) in [7, 11) is 1.71. The van der Waals surface area contributed by atoms with Crippen molar-refractivity contribution >= 4 is 11.8 Å². The Kier molecular flexibility index (Phi) is 6.24. The summed E-state index contributed by atoms with van der Waals surface area (Å²) in [6, 6.07) is 9.78. The van der Waals surface area contributed by atoms with E-state index in [1.807, 2.05) is 23.9 Å². The molecule has 0 aliphatic heterocycles. The molecular weight excluding hydrogens is 266 g/mol. The Labute approximate surface area is 127 Å². The highest BCUT2D eigenvalue weighted by Crippen LogP contribution is 2.28. The highest BCUT2D eigenvalue weighted by atomic mass is 32.2. The number of thioether (sulfide) groups is 1. The minimum atomic E-state index is 0.600. The van der Waals surface area contributed by atoms with Gasteiger partial charge in [0.05, 0.1) is 7.11 Å². The molecule has 1 N–H and O–H groups in total. The van der Waals surface area contributed by atoms with Gasteiger partial charge in [-0.3, -0.25) is 0 Å². The summed E-state index contributed by atoms with van der Waals surface area (Å²) in [5.41, 5.74) is 1.40. The van der Waals surface area contributed by atoms with Crippen LogP contribution in [0.5, 0.6) is 5.75 Å². The molecule has 1 aromatic rings. The third-order valence-electron chi connectivity index (χ3n) is 4.26. The van der Waals surface area contributed by atoms with Gasteiger partial charge in [0.2, 0.25) is 0 Å².